The van der Waals surface area contributed by atoms with Gasteiger partial charge in [0.05, 0.1) is 0 Å². The van der Waals surface area contributed by atoms with Crippen LogP contribution in [-0.2, 0) is 0 Å². The van der Waals surface area contributed by atoms with Gasteiger partial charge in [-0.15, -0.1) is 0 Å². The van der Waals surface area contributed by atoms with Crippen LogP contribution in [0.2, 0.25) is 0 Å². The first-order valence-electron chi connectivity index (χ1n) is 7.18. The lowest BCUT2D eigenvalue weighted by atomic mass is 10.0. The highest BCUT2D eigenvalue weighted by atomic mass is 32.1. The van der Waals surface area contributed by atoms with Crippen molar-refractivity contribution in [3.63, 3.8) is 0 Å². The fourth-order valence-corrected chi connectivity index (χ4v) is 2.98. The van der Waals surface area contributed by atoms with Crippen molar-refractivity contribution in [2.45, 2.75) is 19.8 Å². The number of anilines is 1. The van der Waals surface area contributed by atoms with Crippen molar-refractivity contribution < 1.29 is 9.47 Å². The highest BCUT2D eigenvalue weighted by molar-refractivity contribution is 7.80. The van der Waals surface area contributed by atoms with Gasteiger partial charge in [-0.1, -0.05) is 6.92 Å². The molecule has 0 bridgehead atoms. The predicted octanol–water partition coefficient (Wildman–Crippen LogP) is 2.89. The summed E-state index contributed by atoms with van der Waals surface area (Å²) < 4.78 is 11.1. The van der Waals surface area contributed by atoms with Gasteiger partial charge in [-0.25, -0.2) is 0 Å². The van der Waals surface area contributed by atoms with Crippen LogP contribution in [0.25, 0.3) is 0 Å². The number of thiocarbonyl (C=S) groups is 1. The molecule has 20 heavy (non-hydrogen) atoms. The van der Waals surface area contributed by atoms with Crippen molar-refractivity contribution >= 4 is 23.0 Å². The average Bonchev–Trinajstić information content (AvgIpc) is 2.47. The normalized spacial score (nSPS) is 21.4. The molecule has 2 heterocycles. The van der Waals surface area contributed by atoms with Crippen molar-refractivity contribution in [2.24, 2.45) is 5.92 Å². The number of likely N-dealkylation sites (tertiary alicyclic amines) is 1. The molecule has 5 heteroatoms. The summed E-state index contributed by atoms with van der Waals surface area (Å²) in [7, 11) is 0. The molecule has 0 aliphatic carbocycles. The molecule has 108 valence electrons. The van der Waals surface area contributed by atoms with Crippen molar-refractivity contribution in [1.82, 2.24) is 4.90 Å². The maximum Gasteiger partial charge on any atom is 0.173 e. The summed E-state index contributed by atoms with van der Waals surface area (Å²) in [4.78, 5) is 2.25. The molecule has 0 radical (unpaired) electrons. The zero-order valence-corrected chi connectivity index (χ0v) is 12.5. The highest BCUT2D eigenvalue weighted by Gasteiger charge is 2.19. The summed E-state index contributed by atoms with van der Waals surface area (Å²) in [6, 6.07) is 5.86. The smallest absolute Gasteiger partial charge is 0.173 e. The van der Waals surface area contributed by atoms with Gasteiger partial charge < -0.3 is 19.7 Å². The maximum atomic E-state index is 5.59. The minimum Gasteiger partial charge on any atom is -0.486 e. The van der Waals surface area contributed by atoms with Gasteiger partial charge in [0.25, 0.3) is 0 Å². The first-order chi connectivity index (χ1) is 9.72. The van der Waals surface area contributed by atoms with Gasteiger partial charge in [-0.2, -0.15) is 0 Å². The van der Waals surface area contributed by atoms with E-state index in [1.165, 1.54) is 12.8 Å². The molecule has 2 aliphatic heterocycles. The van der Waals surface area contributed by atoms with Gasteiger partial charge >= 0.3 is 0 Å². The Hall–Kier alpha value is -1.49. The van der Waals surface area contributed by atoms with E-state index in [0.717, 1.165) is 35.4 Å². The molecule has 0 saturated carbocycles. The van der Waals surface area contributed by atoms with Crippen molar-refractivity contribution in [3.05, 3.63) is 18.2 Å². The van der Waals surface area contributed by atoms with E-state index in [2.05, 4.69) is 17.1 Å². The van der Waals surface area contributed by atoms with E-state index < -0.39 is 0 Å². The monoisotopic (exact) mass is 292 g/mol. The fraction of sp³-hybridized carbons (Fsp3) is 0.533. The highest BCUT2D eigenvalue weighted by Crippen LogP contribution is 2.32. The number of nitrogens with one attached hydrogen (secondary N) is 1. The second-order valence-electron chi connectivity index (χ2n) is 5.48. The Morgan fingerprint density at radius 3 is 2.90 bits per heavy atom. The summed E-state index contributed by atoms with van der Waals surface area (Å²) in [6.45, 7) is 5.57. The number of rotatable bonds is 1. The summed E-state index contributed by atoms with van der Waals surface area (Å²) in [5.41, 5.74) is 0.956. The number of fused-ring (bicyclic) bond motifs is 1. The molecule has 0 amide bonds. The number of hydrogen-bond acceptors (Lipinski definition) is 3. The van der Waals surface area contributed by atoms with E-state index >= 15 is 0 Å². The van der Waals surface area contributed by atoms with Crippen LogP contribution in [-0.4, -0.2) is 36.3 Å². The lowest BCUT2D eigenvalue weighted by Crippen LogP contribution is -2.41. The van der Waals surface area contributed by atoms with E-state index in [1.54, 1.807) is 0 Å². The number of hydrogen-bond donors (Lipinski definition) is 1. The third kappa shape index (κ3) is 2.98. The minimum absolute atomic E-state index is 0.602. The fourth-order valence-electron chi connectivity index (χ4n) is 2.70. The third-order valence-corrected chi connectivity index (χ3v) is 4.10. The van der Waals surface area contributed by atoms with Crippen LogP contribution >= 0.6 is 12.2 Å². The minimum atomic E-state index is 0.602. The maximum absolute atomic E-state index is 5.59. The molecule has 1 fully saturated rings. The third-order valence-electron chi connectivity index (χ3n) is 3.74. The quantitative estimate of drug-likeness (QED) is 0.805. The summed E-state index contributed by atoms with van der Waals surface area (Å²) >= 11 is 5.51. The Morgan fingerprint density at radius 1 is 1.30 bits per heavy atom. The molecule has 3 rings (SSSR count). The number of ether oxygens (including phenoxy) is 2. The summed E-state index contributed by atoms with van der Waals surface area (Å²) in [5.74, 6) is 2.30. The predicted molar refractivity (Wildman–Crippen MR) is 83.6 cm³/mol. The molecule has 4 nitrogen and oxygen atoms in total. The molecule has 1 saturated heterocycles. The Morgan fingerprint density at radius 2 is 2.10 bits per heavy atom. The van der Waals surface area contributed by atoms with Crippen molar-refractivity contribution in [3.8, 4) is 11.5 Å². The van der Waals surface area contributed by atoms with Crippen LogP contribution in [0.15, 0.2) is 18.2 Å². The van der Waals surface area contributed by atoms with Crippen LogP contribution < -0.4 is 14.8 Å². The first kappa shape index (κ1) is 13.5. The van der Waals surface area contributed by atoms with Crippen LogP contribution in [0.5, 0.6) is 11.5 Å². The van der Waals surface area contributed by atoms with E-state index in [1.807, 2.05) is 18.2 Å². The van der Waals surface area contributed by atoms with Gasteiger partial charge in [-0.05, 0) is 43.1 Å². The largest absolute Gasteiger partial charge is 0.486 e. The Kier molecular flexibility index (Phi) is 3.96. The topological polar surface area (TPSA) is 33.7 Å². The zero-order valence-electron chi connectivity index (χ0n) is 11.7. The molecular formula is C15H20N2O2S. The van der Waals surface area contributed by atoms with E-state index in [-0.39, 0.29) is 0 Å². The van der Waals surface area contributed by atoms with Gasteiger partial charge in [0.15, 0.2) is 16.6 Å². The van der Waals surface area contributed by atoms with E-state index in [0.29, 0.717) is 19.1 Å². The second-order valence-corrected chi connectivity index (χ2v) is 5.87. The van der Waals surface area contributed by atoms with Crippen LogP contribution in [0, 0.1) is 5.92 Å². The molecule has 1 aromatic rings. The average molecular weight is 292 g/mol. The van der Waals surface area contributed by atoms with E-state index in [9.17, 15) is 0 Å². The lowest BCUT2D eigenvalue weighted by molar-refractivity contribution is 0.171. The molecule has 1 atom stereocenters. The SMILES string of the molecule is C[C@H]1CCCN(C(=S)Nc2ccc3c(c2)OCCO3)C1. The van der Waals surface area contributed by atoms with Crippen LogP contribution in [0.1, 0.15) is 19.8 Å². The van der Waals surface area contributed by atoms with Gasteiger partial charge in [0, 0.05) is 24.8 Å². The van der Waals surface area contributed by atoms with Gasteiger partial charge in [0.2, 0.25) is 0 Å². The molecule has 0 unspecified atom stereocenters. The second kappa shape index (κ2) is 5.87. The zero-order chi connectivity index (χ0) is 13.9. The van der Waals surface area contributed by atoms with Crippen LogP contribution in [0.3, 0.4) is 0 Å². The van der Waals surface area contributed by atoms with Crippen LogP contribution in [0.4, 0.5) is 5.69 Å². The van der Waals surface area contributed by atoms with E-state index in [4.69, 9.17) is 21.7 Å². The Labute approximate surface area is 125 Å². The molecular weight excluding hydrogens is 272 g/mol. The number of benzene rings is 1. The summed E-state index contributed by atoms with van der Waals surface area (Å²) in [5, 5.41) is 4.10. The van der Waals surface area contributed by atoms with Crippen molar-refractivity contribution in [2.75, 3.05) is 31.6 Å². The molecule has 0 aromatic heterocycles. The molecule has 0 spiro atoms. The Bertz CT molecular complexity index is 507. The number of nitrogens with zero attached hydrogens (tertiary/aromatic N) is 1. The summed E-state index contributed by atoms with van der Waals surface area (Å²) in [6.07, 6.45) is 2.51. The van der Waals surface area contributed by atoms with Gasteiger partial charge in [0.1, 0.15) is 13.2 Å². The Balaban J connectivity index is 1.66. The lowest BCUT2D eigenvalue weighted by Gasteiger charge is -2.33. The molecule has 2 aliphatic rings. The van der Waals surface area contributed by atoms with Crippen molar-refractivity contribution in [1.29, 1.82) is 0 Å². The molecule has 1 N–H and O–H groups in total. The first-order valence-corrected chi connectivity index (χ1v) is 7.59. The molecule has 1 aromatic carbocycles. The standard InChI is InChI=1S/C15H20N2O2S/c1-11-3-2-6-17(10-11)15(20)16-12-4-5-13-14(9-12)19-8-7-18-13/h4-5,9,11H,2-3,6-8,10H2,1H3,(H,16,20)/t11-/m0/s1. The number of piperidine rings is 1. The van der Waals surface area contributed by atoms with Gasteiger partial charge in [-0.3, -0.25) is 0 Å².